The van der Waals surface area contributed by atoms with Crippen LogP contribution in [0.1, 0.15) is 25.7 Å². The zero-order chi connectivity index (χ0) is 19.9. The molecule has 28 heavy (non-hydrogen) atoms. The summed E-state index contributed by atoms with van der Waals surface area (Å²) in [5.41, 5.74) is 0.431. The van der Waals surface area contributed by atoms with Gasteiger partial charge in [0, 0.05) is 5.02 Å². The number of hydrogen-bond donors (Lipinski definition) is 0. The molecule has 0 spiro atoms. The lowest BCUT2D eigenvalue weighted by atomic mass is 9.81. The van der Waals surface area contributed by atoms with Gasteiger partial charge in [0.25, 0.3) is 0 Å². The molecule has 2 amide bonds. The Balaban J connectivity index is 1.53. The minimum atomic E-state index is -4.01. The van der Waals surface area contributed by atoms with Crippen molar-refractivity contribution in [3.05, 3.63) is 53.6 Å². The van der Waals surface area contributed by atoms with Gasteiger partial charge in [0.2, 0.25) is 11.8 Å². The highest BCUT2D eigenvalue weighted by Crippen LogP contribution is 2.40. The Morgan fingerprint density at radius 1 is 0.857 bits per heavy atom. The Labute approximate surface area is 168 Å². The van der Waals surface area contributed by atoms with Crippen molar-refractivity contribution >= 4 is 39.2 Å². The van der Waals surface area contributed by atoms with Crippen LogP contribution in [0.4, 0.5) is 5.69 Å². The SMILES string of the molecule is O=C1[C@@H]2CCCC[C@H]2C(=O)N1c1ccc(OS(=O)(=O)c2ccc(Cl)cc2)cc1. The molecule has 8 heteroatoms. The summed E-state index contributed by atoms with van der Waals surface area (Å²) in [4.78, 5) is 26.5. The maximum Gasteiger partial charge on any atom is 0.339 e. The minimum Gasteiger partial charge on any atom is -0.379 e. The summed E-state index contributed by atoms with van der Waals surface area (Å²) in [6.45, 7) is 0. The van der Waals surface area contributed by atoms with E-state index in [1.807, 2.05) is 0 Å². The Kier molecular flexibility index (Phi) is 4.89. The summed E-state index contributed by atoms with van der Waals surface area (Å²) in [5.74, 6) is -0.713. The van der Waals surface area contributed by atoms with Crippen molar-refractivity contribution in [1.82, 2.24) is 0 Å². The molecule has 1 aliphatic heterocycles. The lowest BCUT2D eigenvalue weighted by molar-refractivity contribution is -0.122. The Hall–Kier alpha value is -2.38. The van der Waals surface area contributed by atoms with Gasteiger partial charge in [0.1, 0.15) is 10.6 Å². The van der Waals surface area contributed by atoms with Gasteiger partial charge in [0.15, 0.2) is 0 Å². The largest absolute Gasteiger partial charge is 0.379 e. The average Bonchev–Trinajstić information content (AvgIpc) is 2.94. The number of rotatable bonds is 4. The fourth-order valence-corrected chi connectivity index (χ4v) is 4.90. The minimum absolute atomic E-state index is 0.0186. The van der Waals surface area contributed by atoms with Crippen LogP contribution in [0, 0.1) is 11.8 Å². The van der Waals surface area contributed by atoms with Gasteiger partial charge in [-0.2, -0.15) is 8.42 Å². The number of halogens is 1. The van der Waals surface area contributed by atoms with E-state index < -0.39 is 10.1 Å². The molecule has 2 atom stereocenters. The average molecular weight is 420 g/mol. The second-order valence-electron chi connectivity index (χ2n) is 6.99. The van der Waals surface area contributed by atoms with Crippen LogP contribution in [0.5, 0.6) is 5.75 Å². The molecule has 1 aliphatic carbocycles. The van der Waals surface area contributed by atoms with Gasteiger partial charge >= 0.3 is 10.1 Å². The first-order valence-electron chi connectivity index (χ1n) is 9.05. The van der Waals surface area contributed by atoms with Gasteiger partial charge in [-0.1, -0.05) is 24.4 Å². The molecular formula is C20H18ClNO5S. The maximum atomic E-state index is 12.6. The van der Waals surface area contributed by atoms with Crippen molar-refractivity contribution < 1.29 is 22.2 Å². The molecule has 2 aromatic rings. The third kappa shape index (κ3) is 3.40. The molecule has 0 N–H and O–H groups in total. The number of benzene rings is 2. The summed E-state index contributed by atoms with van der Waals surface area (Å²) in [5, 5.41) is 0.420. The van der Waals surface area contributed by atoms with E-state index in [1.165, 1.54) is 53.4 Å². The van der Waals surface area contributed by atoms with Crippen molar-refractivity contribution in [2.45, 2.75) is 30.6 Å². The molecule has 2 aliphatic rings. The highest BCUT2D eigenvalue weighted by Gasteiger charge is 2.48. The van der Waals surface area contributed by atoms with Gasteiger partial charge in [-0.05, 0) is 61.4 Å². The first kappa shape index (κ1) is 19.0. The highest BCUT2D eigenvalue weighted by molar-refractivity contribution is 7.87. The molecule has 0 aromatic heterocycles. The summed E-state index contributed by atoms with van der Waals surface area (Å²) < 4.78 is 29.8. The monoisotopic (exact) mass is 419 g/mol. The first-order chi connectivity index (χ1) is 13.4. The summed E-state index contributed by atoms with van der Waals surface area (Å²) in [6, 6.07) is 11.6. The van der Waals surface area contributed by atoms with Crippen molar-refractivity contribution in [3.63, 3.8) is 0 Å². The van der Waals surface area contributed by atoms with Gasteiger partial charge in [0.05, 0.1) is 17.5 Å². The number of imide groups is 1. The lowest BCUT2D eigenvalue weighted by Crippen LogP contribution is -2.30. The molecule has 4 rings (SSSR count). The normalized spacial score (nSPS) is 22.2. The third-order valence-corrected chi connectivity index (χ3v) is 6.76. The summed E-state index contributed by atoms with van der Waals surface area (Å²) in [7, 11) is -4.01. The number of nitrogens with zero attached hydrogens (tertiary/aromatic N) is 1. The Morgan fingerprint density at radius 2 is 1.39 bits per heavy atom. The maximum absolute atomic E-state index is 12.6. The third-order valence-electron chi connectivity index (χ3n) is 5.24. The zero-order valence-electron chi connectivity index (χ0n) is 14.9. The quantitative estimate of drug-likeness (QED) is 0.556. The Bertz CT molecular complexity index is 994. The summed E-state index contributed by atoms with van der Waals surface area (Å²) in [6.07, 6.45) is 3.41. The van der Waals surface area contributed by atoms with E-state index >= 15 is 0 Å². The molecule has 0 bridgehead atoms. The molecular weight excluding hydrogens is 402 g/mol. The molecule has 1 heterocycles. The van der Waals surface area contributed by atoms with Crippen molar-refractivity contribution in [1.29, 1.82) is 0 Å². The number of amides is 2. The molecule has 0 unspecified atom stereocenters. The molecule has 2 fully saturated rings. The topological polar surface area (TPSA) is 80.8 Å². The predicted octanol–water partition coefficient (Wildman–Crippen LogP) is 3.79. The van der Waals surface area contributed by atoms with Crippen LogP contribution < -0.4 is 9.08 Å². The van der Waals surface area contributed by atoms with E-state index in [0.717, 1.165) is 25.7 Å². The molecule has 2 aromatic carbocycles. The van der Waals surface area contributed by atoms with E-state index in [9.17, 15) is 18.0 Å². The second-order valence-corrected chi connectivity index (χ2v) is 8.98. The van der Waals surface area contributed by atoms with E-state index in [2.05, 4.69) is 0 Å². The van der Waals surface area contributed by atoms with E-state index in [0.29, 0.717) is 10.7 Å². The first-order valence-corrected chi connectivity index (χ1v) is 10.8. The smallest absolute Gasteiger partial charge is 0.339 e. The van der Waals surface area contributed by atoms with Crippen LogP contribution in [-0.4, -0.2) is 20.2 Å². The molecule has 1 saturated heterocycles. The van der Waals surface area contributed by atoms with Crippen LogP contribution in [0.15, 0.2) is 53.4 Å². The van der Waals surface area contributed by atoms with Gasteiger partial charge in [-0.15, -0.1) is 0 Å². The molecule has 1 saturated carbocycles. The van der Waals surface area contributed by atoms with Gasteiger partial charge in [-0.25, -0.2) is 0 Å². The predicted molar refractivity (Wildman–Crippen MR) is 104 cm³/mol. The Morgan fingerprint density at radius 3 is 1.93 bits per heavy atom. The second kappa shape index (κ2) is 7.22. The van der Waals surface area contributed by atoms with Crippen LogP contribution in [0.2, 0.25) is 5.02 Å². The highest BCUT2D eigenvalue weighted by atomic mass is 35.5. The number of fused-ring (bicyclic) bond motifs is 1. The van der Waals surface area contributed by atoms with Crippen LogP contribution in [-0.2, 0) is 19.7 Å². The van der Waals surface area contributed by atoms with Crippen molar-refractivity contribution in [3.8, 4) is 5.75 Å². The molecule has 146 valence electrons. The fourth-order valence-electron chi connectivity index (χ4n) is 3.84. The van der Waals surface area contributed by atoms with Crippen LogP contribution in [0.25, 0.3) is 0 Å². The summed E-state index contributed by atoms with van der Waals surface area (Å²) >= 11 is 5.78. The van der Waals surface area contributed by atoms with Crippen LogP contribution in [0.3, 0.4) is 0 Å². The van der Waals surface area contributed by atoms with Crippen LogP contribution >= 0.6 is 11.6 Å². The zero-order valence-corrected chi connectivity index (χ0v) is 16.4. The number of carbonyl (C=O) groups excluding carboxylic acids is 2. The number of hydrogen-bond acceptors (Lipinski definition) is 5. The van der Waals surface area contributed by atoms with Crippen molar-refractivity contribution in [2.24, 2.45) is 11.8 Å². The number of anilines is 1. The van der Waals surface area contributed by atoms with Gasteiger partial charge < -0.3 is 4.18 Å². The van der Waals surface area contributed by atoms with E-state index in [4.69, 9.17) is 15.8 Å². The van der Waals surface area contributed by atoms with Crippen molar-refractivity contribution in [2.75, 3.05) is 4.90 Å². The van der Waals surface area contributed by atoms with E-state index in [-0.39, 0.29) is 34.3 Å². The van der Waals surface area contributed by atoms with Gasteiger partial charge in [-0.3, -0.25) is 14.5 Å². The fraction of sp³-hybridized carbons (Fsp3) is 0.300. The number of carbonyl (C=O) groups is 2. The molecule has 6 nitrogen and oxygen atoms in total. The van der Waals surface area contributed by atoms with E-state index in [1.54, 1.807) is 0 Å². The standard InChI is InChI=1S/C20H18ClNO5S/c21-13-5-11-16(12-6-13)28(25,26)27-15-9-7-14(8-10-15)22-19(23)17-3-1-2-4-18(17)20(22)24/h5-12,17-18H,1-4H2/t17-,18-/m1/s1. The molecule has 0 radical (unpaired) electrons. The lowest BCUT2D eigenvalue weighted by Gasteiger charge is -2.19.